The highest BCUT2D eigenvalue weighted by Crippen LogP contribution is 2.29. The number of amides is 1. The Kier molecular flexibility index (Phi) is 6.58. The number of ether oxygens (including phenoxy) is 1. The minimum absolute atomic E-state index is 0.109. The number of methoxy groups -OCH3 is 1. The number of hydrogen-bond donors (Lipinski definition) is 0. The van der Waals surface area contributed by atoms with Crippen LogP contribution in [0.1, 0.15) is 48.1 Å². The molecular formula is C23H27NO4. The smallest absolute Gasteiger partial charge is 0.289 e. The van der Waals surface area contributed by atoms with E-state index in [-0.39, 0.29) is 11.8 Å². The van der Waals surface area contributed by atoms with Gasteiger partial charge in [-0.2, -0.15) is 0 Å². The molecule has 0 N–H and O–H groups in total. The average molecular weight is 381 g/mol. The molecule has 1 atom stereocenters. The number of carbonyl (C=O) groups is 1. The number of hydrogen-bond acceptors (Lipinski definition) is 4. The summed E-state index contributed by atoms with van der Waals surface area (Å²) in [6.07, 6.45) is 4.04. The van der Waals surface area contributed by atoms with Gasteiger partial charge in [0.25, 0.3) is 5.91 Å². The van der Waals surface area contributed by atoms with E-state index in [2.05, 4.69) is 13.8 Å². The summed E-state index contributed by atoms with van der Waals surface area (Å²) in [7, 11) is 1.64. The second-order valence-corrected chi connectivity index (χ2v) is 7.21. The Morgan fingerprint density at radius 2 is 1.75 bits per heavy atom. The van der Waals surface area contributed by atoms with E-state index in [0.717, 1.165) is 23.5 Å². The average Bonchev–Trinajstić information content (AvgIpc) is 3.41. The van der Waals surface area contributed by atoms with Crippen LogP contribution in [0.5, 0.6) is 5.75 Å². The fourth-order valence-electron chi connectivity index (χ4n) is 3.36. The molecule has 0 aliphatic rings. The van der Waals surface area contributed by atoms with Crippen LogP contribution >= 0.6 is 0 Å². The van der Waals surface area contributed by atoms with Crippen molar-refractivity contribution in [1.29, 1.82) is 0 Å². The number of rotatable bonds is 9. The lowest BCUT2D eigenvalue weighted by atomic mass is 9.90. The molecule has 0 bridgehead atoms. The van der Waals surface area contributed by atoms with Gasteiger partial charge in [-0.1, -0.05) is 26.0 Å². The van der Waals surface area contributed by atoms with Gasteiger partial charge in [-0.05, 0) is 54.3 Å². The van der Waals surface area contributed by atoms with Crippen LogP contribution < -0.4 is 4.74 Å². The van der Waals surface area contributed by atoms with Crippen molar-refractivity contribution in [2.75, 3.05) is 13.7 Å². The summed E-state index contributed by atoms with van der Waals surface area (Å²) in [6.45, 7) is 5.46. The third-order valence-corrected chi connectivity index (χ3v) is 4.98. The van der Waals surface area contributed by atoms with E-state index in [9.17, 15) is 4.79 Å². The van der Waals surface area contributed by atoms with Crippen LogP contribution in [0.25, 0.3) is 0 Å². The molecule has 0 unspecified atom stereocenters. The summed E-state index contributed by atoms with van der Waals surface area (Å²) in [6, 6.07) is 15.1. The molecule has 1 amide bonds. The van der Waals surface area contributed by atoms with Crippen LogP contribution in [0.3, 0.4) is 0 Å². The topological polar surface area (TPSA) is 55.8 Å². The SMILES string of the molecule is COc1ccc(CN(CC[C@@H](c2ccco2)C(C)C)C(=O)c2ccco2)cc1. The molecule has 28 heavy (non-hydrogen) atoms. The number of furan rings is 2. The third-order valence-electron chi connectivity index (χ3n) is 4.98. The van der Waals surface area contributed by atoms with E-state index < -0.39 is 0 Å². The van der Waals surface area contributed by atoms with Gasteiger partial charge >= 0.3 is 0 Å². The molecule has 0 aliphatic heterocycles. The first-order valence-electron chi connectivity index (χ1n) is 9.57. The molecule has 0 radical (unpaired) electrons. The quantitative estimate of drug-likeness (QED) is 0.501. The van der Waals surface area contributed by atoms with Gasteiger partial charge in [-0.3, -0.25) is 4.79 Å². The van der Waals surface area contributed by atoms with E-state index in [1.54, 1.807) is 25.5 Å². The Morgan fingerprint density at radius 3 is 2.32 bits per heavy atom. The van der Waals surface area contributed by atoms with Crippen LogP contribution in [-0.4, -0.2) is 24.5 Å². The normalized spacial score (nSPS) is 12.1. The van der Waals surface area contributed by atoms with Crippen molar-refractivity contribution in [2.24, 2.45) is 5.92 Å². The summed E-state index contributed by atoms with van der Waals surface area (Å²) >= 11 is 0. The molecule has 0 aliphatic carbocycles. The van der Waals surface area contributed by atoms with Crippen molar-refractivity contribution in [2.45, 2.75) is 32.7 Å². The molecule has 2 heterocycles. The Balaban J connectivity index is 1.76. The van der Waals surface area contributed by atoms with Crippen molar-refractivity contribution in [3.05, 3.63) is 78.1 Å². The summed E-state index contributed by atoms with van der Waals surface area (Å²) < 4.78 is 16.2. The lowest BCUT2D eigenvalue weighted by molar-refractivity contribution is 0.0701. The summed E-state index contributed by atoms with van der Waals surface area (Å²) in [5.41, 5.74) is 1.04. The number of nitrogens with zero attached hydrogens (tertiary/aromatic N) is 1. The Morgan fingerprint density at radius 1 is 1.04 bits per heavy atom. The first-order valence-corrected chi connectivity index (χ1v) is 9.57. The second kappa shape index (κ2) is 9.31. The Labute approximate surface area is 165 Å². The third kappa shape index (κ3) is 4.85. The van der Waals surface area contributed by atoms with Crippen molar-refractivity contribution in [3.63, 3.8) is 0 Å². The highest BCUT2D eigenvalue weighted by molar-refractivity contribution is 5.91. The molecule has 0 fully saturated rings. The lowest BCUT2D eigenvalue weighted by Gasteiger charge is -2.26. The minimum atomic E-state index is -0.109. The molecule has 0 saturated carbocycles. The maximum Gasteiger partial charge on any atom is 0.289 e. The first kappa shape index (κ1) is 19.8. The monoisotopic (exact) mass is 381 g/mol. The maximum atomic E-state index is 13.0. The molecule has 0 saturated heterocycles. The number of benzene rings is 1. The maximum absolute atomic E-state index is 13.0. The predicted molar refractivity (Wildman–Crippen MR) is 107 cm³/mol. The summed E-state index contributed by atoms with van der Waals surface area (Å²) in [5.74, 6) is 2.66. The molecule has 1 aromatic carbocycles. The fraction of sp³-hybridized carbons (Fsp3) is 0.348. The minimum Gasteiger partial charge on any atom is -0.497 e. The highest BCUT2D eigenvalue weighted by Gasteiger charge is 2.23. The molecule has 3 aromatic rings. The van der Waals surface area contributed by atoms with E-state index in [1.807, 2.05) is 41.3 Å². The van der Waals surface area contributed by atoms with Crippen molar-refractivity contribution in [1.82, 2.24) is 4.90 Å². The highest BCUT2D eigenvalue weighted by atomic mass is 16.5. The lowest BCUT2D eigenvalue weighted by Crippen LogP contribution is -2.32. The van der Waals surface area contributed by atoms with Gasteiger partial charge in [0.15, 0.2) is 5.76 Å². The Hall–Kier alpha value is -2.95. The van der Waals surface area contributed by atoms with Gasteiger partial charge in [0.05, 0.1) is 19.6 Å². The largest absolute Gasteiger partial charge is 0.497 e. The summed E-state index contributed by atoms with van der Waals surface area (Å²) in [4.78, 5) is 14.8. The molecule has 5 nitrogen and oxygen atoms in total. The second-order valence-electron chi connectivity index (χ2n) is 7.21. The van der Waals surface area contributed by atoms with Gasteiger partial charge in [-0.25, -0.2) is 0 Å². The number of carbonyl (C=O) groups excluding carboxylic acids is 1. The van der Waals surface area contributed by atoms with Crippen LogP contribution in [0.2, 0.25) is 0 Å². The molecule has 2 aromatic heterocycles. The first-order chi connectivity index (χ1) is 13.6. The van der Waals surface area contributed by atoms with Crippen LogP contribution in [-0.2, 0) is 6.54 Å². The van der Waals surface area contributed by atoms with E-state index in [0.29, 0.717) is 24.8 Å². The molecule has 5 heteroatoms. The van der Waals surface area contributed by atoms with Crippen LogP contribution in [0, 0.1) is 5.92 Å². The molecule has 0 spiro atoms. The van der Waals surface area contributed by atoms with E-state index in [1.165, 1.54) is 6.26 Å². The van der Waals surface area contributed by atoms with E-state index in [4.69, 9.17) is 13.6 Å². The summed E-state index contributed by atoms with van der Waals surface area (Å²) in [5, 5.41) is 0. The van der Waals surface area contributed by atoms with E-state index >= 15 is 0 Å². The van der Waals surface area contributed by atoms with Gasteiger partial charge in [-0.15, -0.1) is 0 Å². The van der Waals surface area contributed by atoms with Crippen molar-refractivity contribution >= 4 is 5.91 Å². The van der Waals surface area contributed by atoms with Gasteiger partial charge in [0.2, 0.25) is 0 Å². The molecular weight excluding hydrogens is 354 g/mol. The zero-order valence-corrected chi connectivity index (χ0v) is 16.6. The zero-order chi connectivity index (χ0) is 19.9. The zero-order valence-electron chi connectivity index (χ0n) is 16.6. The van der Waals surface area contributed by atoms with Gasteiger partial charge < -0.3 is 18.5 Å². The molecule has 148 valence electrons. The van der Waals surface area contributed by atoms with Crippen molar-refractivity contribution in [3.8, 4) is 5.75 Å². The van der Waals surface area contributed by atoms with Gasteiger partial charge in [0.1, 0.15) is 11.5 Å². The Bertz CT molecular complexity index is 835. The fourth-order valence-corrected chi connectivity index (χ4v) is 3.36. The van der Waals surface area contributed by atoms with Crippen LogP contribution in [0.4, 0.5) is 0 Å². The van der Waals surface area contributed by atoms with Crippen molar-refractivity contribution < 1.29 is 18.4 Å². The van der Waals surface area contributed by atoms with Crippen LogP contribution in [0.15, 0.2) is 69.9 Å². The standard InChI is InChI=1S/C23H27NO4/c1-17(2)20(21-6-4-14-27-21)12-13-24(23(25)22-7-5-15-28-22)16-18-8-10-19(26-3)11-9-18/h4-11,14-15,17,20H,12-13,16H2,1-3H3/t20-/m1/s1. The predicted octanol–water partition coefficient (Wildman–Crippen LogP) is 5.35. The van der Waals surface area contributed by atoms with Gasteiger partial charge in [0, 0.05) is 19.0 Å². The molecule has 3 rings (SSSR count).